The highest BCUT2D eigenvalue weighted by molar-refractivity contribution is 5.82. The van der Waals surface area contributed by atoms with Crippen LogP contribution in [0.3, 0.4) is 0 Å². The van der Waals surface area contributed by atoms with Gasteiger partial charge >= 0.3 is 0 Å². The zero-order valence-electron chi connectivity index (χ0n) is 9.69. The standard InChI is InChI=1S/C13H21NO2/c15-12-4-2-1-3-11(12)14-13(16)10-7-9(10)8-5-6-8/h8-12,15H,1-7H2,(H,14,16). The van der Waals surface area contributed by atoms with Crippen molar-refractivity contribution in [2.75, 3.05) is 0 Å². The van der Waals surface area contributed by atoms with Gasteiger partial charge in [-0.3, -0.25) is 4.79 Å². The van der Waals surface area contributed by atoms with Gasteiger partial charge in [0, 0.05) is 5.92 Å². The van der Waals surface area contributed by atoms with Gasteiger partial charge in [0.15, 0.2) is 0 Å². The fourth-order valence-electron chi connectivity index (χ4n) is 3.13. The van der Waals surface area contributed by atoms with E-state index in [4.69, 9.17) is 0 Å². The van der Waals surface area contributed by atoms with Crippen LogP contribution in [0.5, 0.6) is 0 Å². The average Bonchev–Trinajstić information content (AvgIpc) is 3.14. The van der Waals surface area contributed by atoms with E-state index in [1.165, 1.54) is 12.8 Å². The van der Waals surface area contributed by atoms with Crippen LogP contribution in [-0.4, -0.2) is 23.2 Å². The number of amides is 1. The smallest absolute Gasteiger partial charge is 0.223 e. The molecule has 0 aromatic rings. The van der Waals surface area contributed by atoms with Crippen molar-refractivity contribution in [3.05, 3.63) is 0 Å². The van der Waals surface area contributed by atoms with Crippen LogP contribution in [0.25, 0.3) is 0 Å². The van der Waals surface area contributed by atoms with Crippen LogP contribution in [0, 0.1) is 17.8 Å². The zero-order valence-corrected chi connectivity index (χ0v) is 9.69. The summed E-state index contributed by atoms with van der Waals surface area (Å²) >= 11 is 0. The molecule has 0 bridgehead atoms. The molecule has 2 N–H and O–H groups in total. The van der Waals surface area contributed by atoms with Gasteiger partial charge in [0.2, 0.25) is 5.91 Å². The van der Waals surface area contributed by atoms with Gasteiger partial charge in [-0.2, -0.15) is 0 Å². The summed E-state index contributed by atoms with van der Waals surface area (Å²) in [6.45, 7) is 0. The Morgan fingerprint density at radius 2 is 1.88 bits per heavy atom. The first-order valence-electron chi connectivity index (χ1n) is 6.74. The van der Waals surface area contributed by atoms with Crippen molar-refractivity contribution < 1.29 is 9.90 Å². The zero-order chi connectivity index (χ0) is 11.1. The minimum Gasteiger partial charge on any atom is -0.391 e. The molecule has 3 fully saturated rings. The second-order valence-electron chi connectivity index (χ2n) is 5.81. The van der Waals surface area contributed by atoms with Gasteiger partial charge in [0.1, 0.15) is 0 Å². The summed E-state index contributed by atoms with van der Waals surface area (Å²) in [7, 11) is 0. The van der Waals surface area contributed by atoms with Gasteiger partial charge in [-0.05, 0) is 43.9 Å². The van der Waals surface area contributed by atoms with Gasteiger partial charge < -0.3 is 10.4 Å². The van der Waals surface area contributed by atoms with Crippen molar-refractivity contribution in [3.63, 3.8) is 0 Å². The Hall–Kier alpha value is -0.570. The van der Waals surface area contributed by atoms with E-state index in [2.05, 4.69) is 5.32 Å². The number of rotatable bonds is 3. The molecule has 0 aliphatic heterocycles. The molecular formula is C13H21NO2. The lowest BCUT2D eigenvalue weighted by atomic mass is 9.92. The predicted molar refractivity (Wildman–Crippen MR) is 60.7 cm³/mol. The second kappa shape index (κ2) is 4.02. The summed E-state index contributed by atoms with van der Waals surface area (Å²) in [4.78, 5) is 11.9. The Labute approximate surface area is 96.6 Å². The quantitative estimate of drug-likeness (QED) is 0.761. The minimum atomic E-state index is -0.309. The number of carbonyl (C=O) groups excluding carboxylic acids is 1. The minimum absolute atomic E-state index is 0.0294. The molecule has 1 amide bonds. The molecule has 90 valence electrons. The van der Waals surface area contributed by atoms with Crippen LogP contribution >= 0.6 is 0 Å². The second-order valence-corrected chi connectivity index (χ2v) is 5.81. The van der Waals surface area contributed by atoms with E-state index >= 15 is 0 Å². The molecule has 0 heterocycles. The van der Waals surface area contributed by atoms with E-state index in [-0.39, 0.29) is 24.0 Å². The molecule has 0 spiro atoms. The van der Waals surface area contributed by atoms with Gasteiger partial charge in [-0.15, -0.1) is 0 Å². The molecule has 3 saturated carbocycles. The lowest BCUT2D eigenvalue weighted by molar-refractivity contribution is -0.124. The molecule has 3 heteroatoms. The van der Waals surface area contributed by atoms with Gasteiger partial charge in [0.05, 0.1) is 12.1 Å². The molecule has 3 nitrogen and oxygen atoms in total. The highest BCUT2D eigenvalue weighted by atomic mass is 16.3. The molecule has 3 aliphatic carbocycles. The molecule has 16 heavy (non-hydrogen) atoms. The number of nitrogens with one attached hydrogen (secondary N) is 1. The Morgan fingerprint density at radius 3 is 2.56 bits per heavy atom. The average molecular weight is 223 g/mol. The SMILES string of the molecule is O=C(NC1CCCCC1O)C1CC1C1CC1. The van der Waals surface area contributed by atoms with Crippen molar-refractivity contribution >= 4 is 5.91 Å². The molecule has 0 aromatic carbocycles. The van der Waals surface area contributed by atoms with Crippen LogP contribution in [0.4, 0.5) is 0 Å². The Balaban J connectivity index is 1.48. The highest BCUT2D eigenvalue weighted by Gasteiger charge is 2.51. The number of hydrogen-bond donors (Lipinski definition) is 2. The fraction of sp³-hybridized carbons (Fsp3) is 0.923. The van der Waals surface area contributed by atoms with Crippen LogP contribution in [0.2, 0.25) is 0 Å². The van der Waals surface area contributed by atoms with E-state index in [0.29, 0.717) is 5.92 Å². The largest absolute Gasteiger partial charge is 0.391 e. The first-order valence-corrected chi connectivity index (χ1v) is 6.74. The van der Waals surface area contributed by atoms with Gasteiger partial charge in [0.25, 0.3) is 0 Å². The third-order valence-electron chi connectivity index (χ3n) is 4.46. The lowest BCUT2D eigenvalue weighted by Crippen LogP contribution is -2.45. The molecule has 0 aromatic heterocycles. The van der Waals surface area contributed by atoms with Gasteiger partial charge in [-0.1, -0.05) is 12.8 Å². The van der Waals surface area contributed by atoms with Gasteiger partial charge in [-0.25, -0.2) is 0 Å². The fourth-order valence-corrected chi connectivity index (χ4v) is 3.13. The van der Waals surface area contributed by atoms with Crippen LogP contribution in [-0.2, 0) is 4.79 Å². The van der Waals surface area contributed by atoms with E-state index in [1.807, 2.05) is 0 Å². The Bertz CT molecular complexity index is 288. The van der Waals surface area contributed by atoms with E-state index < -0.39 is 0 Å². The van der Waals surface area contributed by atoms with Crippen molar-refractivity contribution in [2.24, 2.45) is 17.8 Å². The monoisotopic (exact) mass is 223 g/mol. The summed E-state index contributed by atoms with van der Waals surface area (Å²) in [5.74, 6) is 2.03. The predicted octanol–water partition coefficient (Wildman–Crippen LogP) is 1.45. The maximum atomic E-state index is 11.9. The normalized spacial score (nSPS) is 42.8. The van der Waals surface area contributed by atoms with E-state index in [0.717, 1.165) is 38.0 Å². The highest BCUT2D eigenvalue weighted by Crippen LogP contribution is 2.54. The van der Waals surface area contributed by atoms with E-state index in [9.17, 15) is 9.90 Å². The van der Waals surface area contributed by atoms with Crippen LogP contribution < -0.4 is 5.32 Å². The summed E-state index contributed by atoms with van der Waals surface area (Å²) in [5, 5.41) is 12.8. The molecule has 4 unspecified atom stereocenters. The molecule has 3 rings (SSSR count). The Kier molecular flexibility index (Phi) is 2.66. The summed E-state index contributed by atoms with van der Waals surface area (Å²) in [6.07, 6.45) is 7.49. The first kappa shape index (κ1) is 10.6. The van der Waals surface area contributed by atoms with Crippen molar-refractivity contribution in [1.29, 1.82) is 0 Å². The molecule has 3 aliphatic rings. The molecule has 0 radical (unpaired) electrons. The maximum absolute atomic E-state index is 11.9. The molecular weight excluding hydrogens is 202 g/mol. The molecule has 0 saturated heterocycles. The maximum Gasteiger partial charge on any atom is 0.223 e. The summed E-state index contributed by atoms with van der Waals surface area (Å²) < 4.78 is 0. The summed E-state index contributed by atoms with van der Waals surface area (Å²) in [5.41, 5.74) is 0. The third kappa shape index (κ3) is 2.10. The van der Waals surface area contributed by atoms with Crippen LogP contribution in [0.15, 0.2) is 0 Å². The van der Waals surface area contributed by atoms with Crippen molar-refractivity contribution in [1.82, 2.24) is 5.32 Å². The Morgan fingerprint density at radius 1 is 1.12 bits per heavy atom. The van der Waals surface area contributed by atoms with Crippen molar-refractivity contribution in [3.8, 4) is 0 Å². The van der Waals surface area contributed by atoms with Crippen molar-refractivity contribution in [2.45, 2.75) is 57.1 Å². The summed E-state index contributed by atoms with van der Waals surface area (Å²) in [6, 6.07) is 0.0294. The van der Waals surface area contributed by atoms with E-state index in [1.54, 1.807) is 0 Å². The molecule has 4 atom stereocenters. The number of carbonyl (C=O) groups is 1. The first-order chi connectivity index (χ1) is 7.75. The lowest BCUT2D eigenvalue weighted by Gasteiger charge is -2.28. The topological polar surface area (TPSA) is 49.3 Å². The number of aliphatic hydroxyl groups is 1. The number of aliphatic hydroxyl groups excluding tert-OH is 1. The number of hydrogen-bond acceptors (Lipinski definition) is 2. The third-order valence-corrected chi connectivity index (χ3v) is 4.46. The van der Waals surface area contributed by atoms with Crippen LogP contribution in [0.1, 0.15) is 44.9 Å².